The number of carboxylic acid groups (broad SMARTS) is 1. The van der Waals surface area contributed by atoms with Crippen molar-refractivity contribution in [1.29, 1.82) is 0 Å². The van der Waals surface area contributed by atoms with Crippen molar-refractivity contribution in [3.63, 3.8) is 0 Å². The van der Waals surface area contributed by atoms with Crippen molar-refractivity contribution < 1.29 is 9.90 Å². The van der Waals surface area contributed by atoms with E-state index in [-0.39, 0.29) is 6.04 Å². The molecule has 0 amide bonds. The van der Waals surface area contributed by atoms with Gasteiger partial charge in [-0.15, -0.1) is 0 Å². The van der Waals surface area contributed by atoms with E-state index in [9.17, 15) is 4.79 Å². The summed E-state index contributed by atoms with van der Waals surface area (Å²) in [5.41, 5.74) is 0. The summed E-state index contributed by atoms with van der Waals surface area (Å²) in [6.45, 7) is 4.02. The average Bonchev–Trinajstić information content (AvgIpc) is 2.61. The molecule has 0 radical (unpaired) electrons. The van der Waals surface area contributed by atoms with Crippen LogP contribution in [0.5, 0.6) is 0 Å². The van der Waals surface area contributed by atoms with Gasteiger partial charge >= 0.3 is 5.97 Å². The van der Waals surface area contributed by atoms with Gasteiger partial charge in [-0.25, -0.2) is 0 Å². The lowest BCUT2D eigenvalue weighted by Gasteiger charge is -2.23. The highest BCUT2D eigenvalue weighted by molar-refractivity contribution is 5.73. The van der Waals surface area contributed by atoms with Crippen LogP contribution in [0, 0.1) is 11.8 Å². The van der Waals surface area contributed by atoms with Crippen LogP contribution in [-0.2, 0) is 4.79 Å². The fourth-order valence-electron chi connectivity index (χ4n) is 3.29. The number of carbonyl (C=O) groups is 1. The lowest BCUT2D eigenvalue weighted by molar-refractivity contribution is -0.143. The summed E-state index contributed by atoms with van der Waals surface area (Å²) in [5, 5.41) is 9.13. The first-order valence-corrected chi connectivity index (χ1v) is 6.19. The molecule has 3 heteroatoms. The lowest BCUT2D eigenvalue weighted by Crippen LogP contribution is -2.39. The Morgan fingerprint density at radius 3 is 2.27 bits per heavy atom. The van der Waals surface area contributed by atoms with Gasteiger partial charge in [-0.1, -0.05) is 19.8 Å². The second-order valence-electron chi connectivity index (χ2n) is 5.02. The van der Waals surface area contributed by atoms with E-state index in [2.05, 4.69) is 4.90 Å². The largest absolute Gasteiger partial charge is 0.480 e. The maximum atomic E-state index is 11.1. The van der Waals surface area contributed by atoms with Gasteiger partial charge < -0.3 is 5.11 Å². The molecule has 1 saturated carbocycles. The Morgan fingerprint density at radius 2 is 1.87 bits per heavy atom. The van der Waals surface area contributed by atoms with Crippen molar-refractivity contribution in [3.05, 3.63) is 0 Å². The lowest BCUT2D eigenvalue weighted by atomic mass is 9.82. The number of hydrogen-bond acceptors (Lipinski definition) is 2. The molecule has 1 aliphatic carbocycles. The number of carboxylic acids is 1. The minimum atomic E-state index is -0.642. The van der Waals surface area contributed by atoms with Crippen LogP contribution in [-0.4, -0.2) is 35.1 Å². The van der Waals surface area contributed by atoms with Crippen LogP contribution in [0.2, 0.25) is 0 Å². The Hall–Kier alpha value is -0.570. The van der Waals surface area contributed by atoms with Crippen LogP contribution in [0.1, 0.15) is 39.0 Å². The predicted molar refractivity (Wildman–Crippen MR) is 58.7 cm³/mol. The topological polar surface area (TPSA) is 40.5 Å². The number of aliphatic carboxylic acids is 1. The second-order valence-corrected chi connectivity index (χ2v) is 5.02. The highest BCUT2D eigenvalue weighted by Gasteiger charge is 2.38. The number of fused-ring (bicyclic) bond motifs is 1. The maximum Gasteiger partial charge on any atom is 0.320 e. The number of rotatable bonds is 3. The van der Waals surface area contributed by atoms with E-state index in [0.29, 0.717) is 0 Å². The van der Waals surface area contributed by atoms with Crippen molar-refractivity contribution in [2.45, 2.75) is 45.1 Å². The van der Waals surface area contributed by atoms with Gasteiger partial charge in [0.1, 0.15) is 6.04 Å². The molecule has 1 saturated heterocycles. The van der Waals surface area contributed by atoms with Gasteiger partial charge in [0.2, 0.25) is 0 Å². The SMILES string of the molecule is CCC(C(=O)O)N1C[C@H]2CCCC[C@H]2C1. The molecular formula is C12H21NO2. The molecule has 2 aliphatic rings. The second kappa shape index (κ2) is 4.52. The van der Waals surface area contributed by atoms with Gasteiger partial charge in [-0.3, -0.25) is 9.69 Å². The first-order chi connectivity index (χ1) is 7.22. The monoisotopic (exact) mass is 211 g/mol. The first-order valence-electron chi connectivity index (χ1n) is 6.19. The van der Waals surface area contributed by atoms with Crippen LogP contribution in [0.25, 0.3) is 0 Å². The van der Waals surface area contributed by atoms with Crippen LogP contribution >= 0.6 is 0 Å². The fourth-order valence-corrected chi connectivity index (χ4v) is 3.29. The van der Waals surface area contributed by atoms with Gasteiger partial charge in [0.05, 0.1) is 0 Å². The van der Waals surface area contributed by atoms with Gasteiger partial charge in [0, 0.05) is 13.1 Å². The summed E-state index contributed by atoms with van der Waals surface area (Å²) in [6.07, 6.45) is 6.06. The van der Waals surface area contributed by atoms with Crippen molar-refractivity contribution in [2.24, 2.45) is 11.8 Å². The van der Waals surface area contributed by atoms with E-state index >= 15 is 0 Å². The van der Waals surface area contributed by atoms with E-state index in [4.69, 9.17) is 5.11 Å². The normalized spacial score (nSPS) is 33.7. The molecule has 0 bridgehead atoms. The summed E-state index contributed by atoms with van der Waals surface area (Å²) in [6, 6.07) is -0.240. The molecule has 3 nitrogen and oxygen atoms in total. The van der Waals surface area contributed by atoms with Crippen molar-refractivity contribution in [1.82, 2.24) is 4.90 Å². The molecule has 0 aromatic carbocycles. The molecule has 1 heterocycles. The van der Waals surface area contributed by atoms with E-state index in [1.54, 1.807) is 0 Å². The highest BCUT2D eigenvalue weighted by atomic mass is 16.4. The standard InChI is InChI=1S/C12H21NO2/c1-2-11(12(14)15)13-7-9-5-3-4-6-10(9)8-13/h9-11H,2-8H2,1H3,(H,14,15)/t9-,10+,11?. The van der Waals surface area contributed by atoms with Crippen molar-refractivity contribution in [2.75, 3.05) is 13.1 Å². The molecule has 2 fully saturated rings. The maximum absolute atomic E-state index is 11.1. The summed E-state index contributed by atoms with van der Waals surface area (Å²) < 4.78 is 0. The van der Waals surface area contributed by atoms with Gasteiger partial charge in [0.15, 0.2) is 0 Å². The highest BCUT2D eigenvalue weighted by Crippen LogP contribution is 2.37. The number of likely N-dealkylation sites (tertiary alicyclic amines) is 1. The predicted octanol–water partition coefficient (Wildman–Crippen LogP) is 1.97. The van der Waals surface area contributed by atoms with E-state index in [1.807, 2.05) is 6.92 Å². The van der Waals surface area contributed by atoms with Crippen LogP contribution in [0.3, 0.4) is 0 Å². The molecule has 0 spiro atoms. The minimum absolute atomic E-state index is 0.240. The number of hydrogen-bond donors (Lipinski definition) is 1. The summed E-state index contributed by atoms with van der Waals surface area (Å²) in [7, 11) is 0. The third-order valence-electron chi connectivity index (χ3n) is 4.12. The molecule has 1 aliphatic heterocycles. The van der Waals surface area contributed by atoms with Gasteiger partial charge in [-0.2, -0.15) is 0 Å². The molecule has 86 valence electrons. The zero-order valence-electron chi connectivity index (χ0n) is 9.48. The molecule has 1 unspecified atom stereocenters. The zero-order valence-corrected chi connectivity index (χ0v) is 9.48. The Balaban J connectivity index is 1.98. The molecule has 0 aromatic heterocycles. The fraction of sp³-hybridized carbons (Fsp3) is 0.917. The third kappa shape index (κ3) is 2.17. The Morgan fingerprint density at radius 1 is 1.33 bits per heavy atom. The van der Waals surface area contributed by atoms with E-state index < -0.39 is 5.97 Å². The average molecular weight is 211 g/mol. The summed E-state index contributed by atoms with van der Waals surface area (Å²) >= 11 is 0. The molecule has 3 atom stereocenters. The molecular weight excluding hydrogens is 190 g/mol. The van der Waals surface area contributed by atoms with Crippen LogP contribution in [0.15, 0.2) is 0 Å². The Labute approximate surface area is 91.5 Å². The Bertz CT molecular complexity index is 228. The van der Waals surface area contributed by atoms with E-state index in [1.165, 1.54) is 25.7 Å². The smallest absolute Gasteiger partial charge is 0.320 e. The molecule has 2 rings (SSSR count). The van der Waals surface area contributed by atoms with Crippen LogP contribution in [0.4, 0.5) is 0 Å². The summed E-state index contributed by atoms with van der Waals surface area (Å²) in [4.78, 5) is 13.3. The zero-order chi connectivity index (χ0) is 10.8. The minimum Gasteiger partial charge on any atom is -0.480 e. The number of nitrogens with zero attached hydrogens (tertiary/aromatic N) is 1. The summed E-state index contributed by atoms with van der Waals surface area (Å²) in [5.74, 6) is 0.926. The van der Waals surface area contributed by atoms with Gasteiger partial charge in [0.25, 0.3) is 0 Å². The third-order valence-corrected chi connectivity index (χ3v) is 4.12. The Kier molecular flexibility index (Phi) is 3.29. The molecule has 1 N–H and O–H groups in total. The molecule has 15 heavy (non-hydrogen) atoms. The van der Waals surface area contributed by atoms with Crippen molar-refractivity contribution in [3.8, 4) is 0 Å². The molecule has 0 aromatic rings. The van der Waals surface area contributed by atoms with Crippen LogP contribution < -0.4 is 0 Å². The van der Waals surface area contributed by atoms with Crippen molar-refractivity contribution >= 4 is 5.97 Å². The van der Waals surface area contributed by atoms with E-state index in [0.717, 1.165) is 31.3 Å². The van der Waals surface area contributed by atoms with Gasteiger partial charge in [-0.05, 0) is 31.1 Å². The first kappa shape index (κ1) is 10.9. The quantitative estimate of drug-likeness (QED) is 0.776.